The molecule has 10 heteroatoms. The van der Waals surface area contributed by atoms with Gasteiger partial charge in [0.05, 0.1) is 16.5 Å². The predicted molar refractivity (Wildman–Crippen MR) is 131 cm³/mol. The van der Waals surface area contributed by atoms with Crippen molar-refractivity contribution >= 4 is 44.0 Å². The molecule has 2 aliphatic heterocycles. The summed E-state index contributed by atoms with van der Waals surface area (Å²) in [5.74, 6) is -0.285. The number of nitrogens with zero attached hydrogens (tertiary/aromatic N) is 3. The largest absolute Gasteiger partial charge is 0.355 e. The van der Waals surface area contributed by atoms with Crippen LogP contribution in [0.2, 0.25) is 0 Å². The third kappa shape index (κ3) is 4.14. The Bertz CT molecular complexity index is 1410. The summed E-state index contributed by atoms with van der Waals surface area (Å²) in [6.45, 7) is 2.46. The van der Waals surface area contributed by atoms with E-state index < -0.39 is 10.0 Å². The van der Waals surface area contributed by atoms with Gasteiger partial charge in [-0.25, -0.2) is 4.98 Å². The second kappa shape index (κ2) is 8.77. The Labute approximate surface area is 201 Å². The fourth-order valence-electron chi connectivity index (χ4n) is 4.31. The number of likely N-dealkylation sites (tertiary alicyclic amines) is 1. The maximum absolute atomic E-state index is 13.1. The monoisotopic (exact) mass is 494 g/mol. The molecule has 2 aliphatic rings. The highest BCUT2D eigenvalue weighted by atomic mass is 32.2. The van der Waals surface area contributed by atoms with Gasteiger partial charge in [-0.3, -0.25) is 9.59 Å². The highest BCUT2D eigenvalue weighted by Gasteiger charge is 2.35. The van der Waals surface area contributed by atoms with Gasteiger partial charge in [-0.15, -0.1) is 4.40 Å². The molecule has 174 valence electrons. The average molecular weight is 495 g/mol. The molecule has 34 heavy (non-hydrogen) atoms. The van der Waals surface area contributed by atoms with E-state index in [1.165, 1.54) is 6.92 Å². The molecule has 1 aromatic heterocycles. The van der Waals surface area contributed by atoms with E-state index in [1.807, 2.05) is 35.2 Å². The van der Waals surface area contributed by atoms with Crippen molar-refractivity contribution in [3.63, 3.8) is 0 Å². The Morgan fingerprint density at radius 3 is 2.59 bits per heavy atom. The molecule has 8 nitrogen and oxygen atoms in total. The fraction of sp³-hybridized carbons (Fsp3) is 0.250. The van der Waals surface area contributed by atoms with Crippen molar-refractivity contribution in [3.05, 3.63) is 65.0 Å². The number of nitrogens with one attached hydrogen (secondary N) is 1. The number of ketones is 1. The molecule has 1 unspecified atom stereocenters. The second-order valence-electron chi connectivity index (χ2n) is 8.28. The van der Waals surface area contributed by atoms with E-state index in [0.29, 0.717) is 46.6 Å². The topological polar surface area (TPSA) is 109 Å². The van der Waals surface area contributed by atoms with Gasteiger partial charge < -0.3 is 10.2 Å². The Morgan fingerprint density at radius 1 is 1.09 bits per heavy atom. The summed E-state index contributed by atoms with van der Waals surface area (Å²) in [5.41, 5.74) is 1.94. The first-order valence-electron chi connectivity index (χ1n) is 10.9. The van der Waals surface area contributed by atoms with E-state index in [4.69, 9.17) is 0 Å². The molecule has 3 aromatic rings. The Balaban J connectivity index is 1.35. The van der Waals surface area contributed by atoms with E-state index in [0.717, 1.165) is 23.3 Å². The smallest absolute Gasteiger partial charge is 0.285 e. The lowest BCUT2D eigenvalue weighted by atomic mass is 9.96. The number of amidine groups is 1. The highest BCUT2D eigenvalue weighted by Crippen LogP contribution is 2.33. The van der Waals surface area contributed by atoms with Crippen LogP contribution in [0.15, 0.2) is 63.9 Å². The number of piperidine rings is 1. The zero-order chi connectivity index (χ0) is 23.9. The zero-order valence-electron chi connectivity index (χ0n) is 18.4. The number of hydrogen-bond donors (Lipinski definition) is 1. The standard InChI is InChI=1S/C24H22N4O4S2/c1-15(29)21-20(16-8-3-2-4-9-16)25-24(33-21)26-23(30)17-10-7-13-28(14-17)22-18-11-5-6-12-19(18)34(31,32)27-22/h2-6,8-9,11-12,17H,7,10,13-14H2,1H3,(H,25,26,30). The van der Waals surface area contributed by atoms with Crippen LogP contribution in [-0.4, -0.2) is 48.9 Å². The number of rotatable bonds is 4. The van der Waals surface area contributed by atoms with Crippen molar-refractivity contribution < 1.29 is 18.0 Å². The van der Waals surface area contributed by atoms with Gasteiger partial charge in [0.25, 0.3) is 10.0 Å². The number of hydrogen-bond acceptors (Lipinski definition) is 7. The first-order chi connectivity index (χ1) is 16.3. The normalized spacial score (nSPS) is 18.8. The van der Waals surface area contributed by atoms with Gasteiger partial charge in [-0.05, 0) is 25.0 Å². The first-order valence-corrected chi connectivity index (χ1v) is 13.2. The predicted octanol–water partition coefficient (Wildman–Crippen LogP) is 3.81. The van der Waals surface area contributed by atoms with Crippen LogP contribution in [0.5, 0.6) is 0 Å². The molecule has 1 N–H and O–H groups in total. The van der Waals surface area contributed by atoms with Gasteiger partial charge in [0.2, 0.25) is 5.91 Å². The summed E-state index contributed by atoms with van der Waals surface area (Å²) in [7, 11) is -3.72. The number of anilines is 1. The molecule has 0 radical (unpaired) electrons. The van der Waals surface area contributed by atoms with Crippen LogP contribution in [0.3, 0.4) is 0 Å². The number of carbonyl (C=O) groups excluding carboxylic acids is 2. The van der Waals surface area contributed by atoms with Gasteiger partial charge in [0.1, 0.15) is 4.90 Å². The highest BCUT2D eigenvalue weighted by molar-refractivity contribution is 7.90. The first kappa shape index (κ1) is 22.4. The van der Waals surface area contributed by atoms with Crippen molar-refractivity contribution in [2.45, 2.75) is 24.7 Å². The van der Waals surface area contributed by atoms with Gasteiger partial charge in [-0.2, -0.15) is 8.42 Å². The van der Waals surface area contributed by atoms with Crippen LogP contribution < -0.4 is 5.32 Å². The van der Waals surface area contributed by atoms with Crippen molar-refractivity contribution in [2.24, 2.45) is 10.3 Å². The summed E-state index contributed by atoms with van der Waals surface area (Å²) in [6, 6.07) is 16.1. The van der Waals surface area contributed by atoms with E-state index in [2.05, 4.69) is 14.7 Å². The molecule has 5 rings (SSSR count). The van der Waals surface area contributed by atoms with Crippen LogP contribution in [0, 0.1) is 5.92 Å². The summed E-state index contributed by atoms with van der Waals surface area (Å²) >= 11 is 1.16. The summed E-state index contributed by atoms with van der Waals surface area (Å²) in [5, 5.41) is 3.25. The van der Waals surface area contributed by atoms with Gasteiger partial charge in [-0.1, -0.05) is 53.8 Å². The van der Waals surface area contributed by atoms with Crippen molar-refractivity contribution in [3.8, 4) is 11.3 Å². The molecule has 0 saturated carbocycles. The van der Waals surface area contributed by atoms with E-state index in [1.54, 1.807) is 24.3 Å². The molecular weight excluding hydrogens is 472 g/mol. The second-order valence-corrected chi connectivity index (χ2v) is 10.9. The maximum Gasteiger partial charge on any atom is 0.285 e. The van der Waals surface area contributed by atoms with Crippen molar-refractivity contribution in [1.82, 2.24) is 9.88 Å². The third-order valence-electron chi connectivity index (χ3n) is 5.93. The van der Waals surface area contributed by atoms with Crippen LogP contribution in [0.4, 0.5) is 5.13 Å². The summed E-state index contributed by atoms with van der Waals surface area (Å²) < 4.78 is 28.9. The zero-order valence-corrected chi connectivity index (χ0v) is 20.0. The minimum atomic E-state index is -3.72. The fourth-order valence-corrected chi connectivity index (χ4v) is 6.42. The molecule has 2 aromatic carbocycles. The molecule has 0 bridgehead atoms. The number of thiazole rings is 1. The minimum absolute atomic E-state index is 0.111. The number of fused-ring (bicyclic) bond motifs is 1. The number of Topliss-reactive ketones (excluding diaryl/α,β-unsaturated/α-hetero) is 1. The van der Waals surface area contributed by atoms with Crippen LogP contribution in [0.1, 0.15) is 35.0 Å². The van der Waals surface area contributed by atoms with Gasteiger partial charge in [0.15, 0.2) is 16.8 Å². The van der Waals surface area contributed by atoms with Crippen LogP contribution >= 0.6 is 11.3 Å². The Hall–Kier alpha value is -3.37. The van der Waals surface area contributed by atoms with E-state index in [-0.39, 0.29) is 22.5 Å². The number of benzene rings is 2. The number of sulfonamides is 1. The lowest BCUT2D eigenvalue weighted by Gasteiger charge is -2.33. The molecule has 1 saturated heterocycles. The third-order valence-corrected chi connectivity index (χ3v) is 8.33. The van der Waals surface area contributed by atoms with Crippen LogP contribution in [-0.2, 0) is 14.8 Å². The Kier molecular flexibility index (Phi) is 5.78. The SMILES string of the molecule is CC(=O)c1sc(NC(=O)C2CCCN(C3=NS(=O)(=O)c4ccccc43)C2)nc1-c1ccccc1. The van der Waals surface area contributed by atoms with E-state index in [9.17, 15) is 18.0 Å². The van der Waals surface area contributed by atoms with Crippen molar-refractivity contribution in [2.75, 3.05) is 18.4 Å². The number of aromatic nitrogens is 1. The summed E-state index contributed by atoms with van der Waals surface area (Å²) in [4.78, 5) is 32.4. The molecular formula is C24H22N4O4S2. The van der Waals surface area contributed by atoms with Crippen molar-refractivity contribution in [1.29, 1.82) is 0 Å². The average Bonchev–Trinajstić information content (AvgIpc) is 3.39. The lowest BCUT2D eigenvalue weighted by molar-refractivity contribution is -0.121. The molecule has 1 amide bonds. The summed E-state index contributed by atoms with van der Waals surface area (Å²) in [6.07, 6.45) is 1.39. The van der Waals surface area contributed by atoms with E-state index >= 15 is 0 Å². The van der Waals surface area contributed by atoms with Gasteiger partial charge in [0, 0.05) is 31.1 Å². The maximum atomic E-state index is 13.1. The molecule has 3 heterocycles. The number of carbonyl (C=O) groups is 2. The molecule has 1 atom stereocenters. The number of amides is 1. The lowest BCUT2D eigenvalue weighted by Crippen LogP contribution is -2.43. The Morgan fingerprint density at radius 2 is 1.82 bits per heavy atom. The molecule has 0 spiro atoms. The van der Waals surface area contributed by atoms with Gasteiger partial charge >= 0.3 is 0 Å². The quantitative estimate of drug-likeness (QED) is 0.553. The molecule has 0 aliphatic carbocycles. The molecule has 1 fully saturated rings. The van der Waals surface area contributed by atoms with Crippen LogP contribution in [0.25, 0.3) is 11.3 Å². The minimum Gasteiger partial charge on any atom is -0.355 e.